The van der Waals surface area contributed by atoms with Crippen LogP contribution >= 0.6 is 11.8 Å². The molecule has 0 radical (unpaired) electrons. The predicted octanol–water partition coefficient (Wildman–Crippen LogP) is 3.34. The Bertz CT molecular complexity index is 695. The molecule has 0 spiro atoms. The van der Waals surface area contributed by atoms with Crippen molar-refractivity contribution in [1.29, 1.82) is 0 Å². The van der Waals surface area contributed by atoms with E-state index in [4.69, 9.17) is 0 Å². The van der Waals surface area contributed by atoms with Gasteiger partial charge in [0.25, 0.3) is 5.91 Å². The van der Waals surface area contributed by atoms with Crippen LogP contribution in [0.4, 0.5) is 0 Å². The van der Waals surface area contributed by atoms with Crippen LogP contribution in [0.2, 0.25) is 0 Å². The maximum atomic E-state index is 11.8. The summed E-state index contributed by atoms with van der Waals surface area (Å²) in [6.07, 6.45) is 3.33. The van der Waals surface area contributed by atoms with Crippen molar-refractivity contribution in [3.05, 3.63) is 53.1 Å². The van der Waals surface area contributed by atoms with Crippen molar-refractivity contribution >= 4 is 34.8 Å². The lowest BCUT2D eigenvalue weighted by Crippen LogP contribution is -2.18. The summed E-state index contributed by atoms with van der Waals surface area (Å²) >= 11 is 1.49. The molecule has 0 saturated heterocycles. The Morgan fingerprint density at radius 3 is 2.90 bits per heavy atom. The third kappa shape index (κ3) is 4.16. The van der Waals surface area contributed by atoms with Gasteiger partial charge in [0.1, 0.15) is 0 Å². The fourth-order valence-corrected chi connectivity index (χ4v) is 2.46. The number of allylic oxidation sites excluding steroid dienone is 1. The number of amides is 1. The maximum absolute atomic E-state index is 11.8. The topological polar surface area (TPSA) is 54.4 Å². The van der Waals surface area contributed by atoms with Gasteiger partial charge in [-0.3, -0.25) is 4.79 Å². The Labute approximate surface area is 128 Å². The first-order valence-electron chi connectivity index (χ1n) is 6.73. The molecular weight excluding hydrogens is 282 g/mol. The highest BCUT2D eigenvalue weighted by Gasteiger charge is 2.06. The lowest BCUT2D eigenvalue weighted by atomic mass is 10.2. The van der Waals surface area contributed by atoms with E-state index in [2.05, 4.69) is 15.5 Å². The number of thioether (sulfide) groups is 1. The molecule has 4 nitrogen and oxygen atoms in total. The van der Waals surface area contributed by atoms with Crippen LogP contribution in [0.5, 0.6) is 0 Å². The lowest BCUT2D eigenvalue weighted by molar-refractivity contribution is -0.116. The molecule has 0 saturated carbocycles. The van der Waals surface area contributed by atoms with Crippen molar-refractivity contribution in [3.63, 3.8) is 0 Å². The van der Waals surface area contributed by atoms with Crippen molar-refractivity contribution < 1.29 is 4.79 Å². The van der Waals surface area contributed by atoms with Gasteiger partial charge in [-0.25, -0.2) is 10.4 Å². The van der Waals surface area contributed by atoms with Gasteiger partial charge in [-0.2, -0.15) is 5.10 Å². The summed E-state index contributed by atoms with van der Waals surface area (Å²) in [6, 6.07) is 11.7. The van der Waals surface area contributed by atoms with Crippen LogP contribution in [0.25, 0.3) is 10.9 Å². The second kappa shape index (κ2) is 7.59. The largest absolute Gasteiger partial charge is 0.277 e. The second-order valence-corrected chi connectivity index (χ2v) is 5.52. The van der Waals surface area contributed by atoms with Crippen molar-refractivity contribution in [2.24, 2.45) is 5.10 Å². The highest BCUT2D eigenvalue weighted by Crippen LogP contribution is 2.14. The Hall–Kier alpha value is -2.14. The smallest absolute Gasteiger partial charge is 0.267 e. The number of hydrazone groups is 1. The van der Waals surface area contributed by atoms with E-state index in [0.717, 1.165) is 16.7 Å². The normalized spacial score (nSPS) is 12.0. The average Bonchev–Trinajstić information content (AvgIpc) is 2.52. The van der Waals surface area contributed by atoms with Crippen LogP contribution in [0.3, 0.4) is 0 Å². The number of hydrogen-bond acceptors (Lipinski definition) is 4. The molecule has 0 aliphatic heterocycles. The van der Waals surface area contributed by atoms with Gasteiger partial charge in [-0.15, -0.1) is 11.8 Å². The predicted molar refractivity (Wildman–Crippen MR) is 89.4 cm³/mol. The number of benzene rings is 1. The minimum absolute atomic E-state index is 0.193. The van der Waals surface area contributed by atoms with Gasteiger partial charge >= 0.3 is 0 Å². The van der Waals surface area contributed by atoms with Crippen molar-refractivity contribution in [3.8, 4) is 0 Å². The van der Waals surface area contributed by atoms with Gasteiger partial charge in [-0.05, 0) is 24.8 Å². The zero-order valence-corrected chi connectivity index (χ0v) is 12.9. The van der Waals surface area contributed by atoms with E-state index in [1.54, 1.807) is 12.3 Å². The number of pyridine rings is 1. The minimum Gasteiger partial charge on any atom is -0.267 e. The molecule has 2 rings (SSSR count). The van der Waals surface area contributed by atoms with Crippen LogP contribution in [0.15, 0.2) is 52.5 Å². The van der Waals surface area contributed by atoms with Crippen molar-refractivity contribution in [2.45, 2.75) is 13.8 Å². The molecule has 1 aromatic carbocycles. The van der Waals surface area contributed by atoms with Crippen molar-refractivity contribution in [2.75, 3.05) is 5.75 Å². The molecule has 21 heavy (non-hydrogen) atoms. The third-order valence-corrected chi connectivity index (χ3v) is 3.79. The molecule has 1 amide bonds. The molecule has 1 aromatic heterocycles. The highest BCUT2D eigenvalue weighted by molar-refractivity contribution is 8.03. The van der Waals surface area contributed by atoms with Crippen LogP contribution in [0.1, 0.15) is 19.5 Å². The molecular formula is C16H17N3OS. The van der Waals surface area contributed by atoms with E-state index >= 15 is 0 Å². The van der Waals surface area contributed by atoms with Crippen LogP contribution in [0, 0.1) is 0 Å². The van der Waals surface area contributed by atoms with Crippen LogP contribution < -0.4 is 5.43 Å². The van der Waals surface area contributed by atoms with Gasteiger partial charge < -0.3 is 0 Å². The van der Waals surface area contributed by atoms with Gasteiger partial charge in [0.05, 0.1) is 22.3 Å². The van der Waals surface area contributed by atoms with Crippen molar-refractivity contribution in [1.82, 2.24) is 10.4 Å². The number of fused-ring (bicyclic) bond motifs is 1. The Morgan fingerprint density at radius 1 is 1.33 bits per heavy atom. The van der Waals surface area contributed by atoms with Crippen LogP contribution in [-0.2, 0) is 4.79 Å². The summed E-state index contributed by atoms with van der Waals surface area (Å²) < 4.78 is 0. The average molecular weight is 299 g/mol. The first-order valence-corrected chi connectivity index (χ1v) is 7.71. The number of hydrogen-bond donors (Lipinski definition) is 1. The summed E-state index contributed by atoms with van der Waals surface area (Å²) in [6.45, 7) is 3.84. The summed E-state index contributed by atoms with van der Waals surface area (Å²) in [5.41, 5.74) is 4.13. The number of carbonyl (C=O) groups excluding carboxylic acids is 1. The Morgan fingerprint density at radius 2 is 2.14 bits per heavy atom. The first kappa shape index (κ1) is 15.3. The number of para-hydroxylation sites is 1. The number of nitrogens with one attached hydrogen (secondary N) is 1. The molecule has 0 atom stereocenters. The number of aromatic nitrogens is 1. The Kier molecular flexibility index (Phi) is 5.51. The fourth-order valence-electron chi connectivity index (χ4n) is 1.80. The monoisotopic (exact) mass is 299 g/mol. The molecule has 0 aliphatic carbocycles. The highest BCUT2D eigenvalue weighted by atomic mass is 32.2. The zero-order chi connectivity index (χ0) is 15.1. The van der Waals surface area contributed by atoms with E-state index in [-0.39, 0.29) is 5.91 Å². The molecule has 1 heterocycles. The molecule has 108 valence electrons. The fraction of sp³-hybridized carbons (Fsp3) is 0.188. The van der Waals surface area contributed by atoms with E-state index < -0.39 is 0 Å². The van der Waals surface area contributed by atoms with E-state index in [0.29, 0.717) is 10.6 Å². The summed E-state index contributed by atoms with van der Waals surface area (Å²) in [7, 11) is 0. The molecule has 1 N–H and O–H groups in total. The van der Waals surface area contributed by atoms with E-state index in [1.165, 1.54) is 11.8 Å². The second-order valence-electron chi connectivity index (χ2n) is 4.21. The summed E-state index contributed by atoms with van der Waals surface area (Å²) in [4.78, 5) is 17.0. The molecule has 2 aromatic rings. The SMILES string of the molecule is C/C=C(\SCC)C(=O)N/N=C/c1ccc2ccccc2n1. The molecule has 0 bridgehead atoms. The zero-order valence-electron chi connectivity index (χ0n) is 12.0. The number of carbonyl (C=O) groups is 1. The van der Waals surface area contributed by atoms with E-state index in [1.807, 2.05) is 50.2 Å². The first-order chi connectivity index (χ1) is 10.2. The van der Waals surface area contributed by atoms with Gasteiger partial charge in [0, 0.05) is 5.39 Å². The molecule has 0 fully saturated rings. The Balaban J connectivity index is 2.04. The van der Waals surface area contributed by atoms with E-state index in [9.17, 15) is 4.79 Å². The maximum Gasteiger partial charge on any atom is 0.277 e. The van der Waals surface area contributed by atoms with Crippen LogP contribution in [-0.4, -0.2) is 22.9 Å². The van der Waals surface area contributed by atoms with Gasteiger partial charge in [0.2, 0.25) is 0 Å². The van der Waals surface area contributed by atoms with Gasteiger partial charge in [-0.1, -0.05) is 37.3 Å². The summed E-state index contributed by atoms with van der Waals surface area (Å²) in [5.74, 6) is 0.657. The standard InChI is InChI=1S/C16H17N3OS/c1-3-15(21-4-2)16(20)19-17-11-13-10-9-12-7-5-6-8-14(12)18-13/h3,5-11H,4H2,1-2H3,(H,19,20)/b15-3-,17-11+. The number of nitrogens with zero attached hydrogens (tertiary/aromatic N) is 2. The lowest BCUT2D eigenvalue weighted by Gasteiger charge is -2.02. The molecule has 0 unspecified atom stereocenters. The number of rotatable bonds is 5. The van der Waals surface area contributed by atoms with Gasteiger partial charge in [0.15, 0.2) is 0 Å². The quantitative estimate of drug-likeness (QED) is 0.523. The molecule has 5 heteroatoms. The third-order valence-electron chi connectivity index (χ3n) is 2.77. The minimum atomic E-state index is -0.193. The summed E-state index contributed by atoms with van der Waals surface area (Å²) in [5, 5.41) is 5.04. The molecule has 0 aliphatic rings.